The second kappa shape index (κ2) is 9.49. The van der Waals surface area contributed by atoms with Gasteiger partial charge in [0.15, 0.2) is 0 Å². The Hall–Kier alpha value is -3.97. The first-order valence-electron chi connectivity index (χ1n) is 11.0. The van der Waals surface area contributed by atoms with E-state index in [4.69, 9.17) is 11.6 Å². The number of nitrogens with one attached hydrogen (secondary N) is 2. The lowest BCUT2D eigenvalue weighted by Crippen LogP contribution is -2.32. The smallest absolute Gasteiger partial charge is 0.277 e. The van der Waals surface area contributed by atoms with E-state index in [0.29, 0.717) is 22.5 Å². The van der Waals surface area contributed by atoms with Gasteiger partial charge in [-0.25, -0.2) is 4.68 Å². The van der Waals surface area contributed by atoms with Crippen LogP contribution in [0.5, 0.6) is 0 Å². The van der Waals surface area contributed by atoms with Crippen molar-refractivity contribution in [3.8, 4) is 0 Å². The Morgan fingerprint density at radius 3 is 2.56 bits per heavy atom. The van der Waals surface area contributed by atoms with E-state index in [2.05, 4.69) is 26.7 Å². The molecule has 0 aliphatic carbocycles. The molecule has 2 N–H and O–H groups in total. The quantitative estimate of drug-likeness (QED) is 0.371. The first-order valence-corrected chi connectivity index (χ1v) is 11.4. The predicted molar refractivity (Wildman–Crippen MR) is 133 cm³/mol. The second-order valence-electron chi connectivity index (χ2n) is 8.05. The van der Waals surface area contributed by atoms with E-state index in [0.717, 1.165) is 22.0 Å². The monoisotopic (exact) mass is 471 g/mol. The molecule has 3 aromatic carbocycles. The van der Waals surface area contributed by atoms with Crippen molar-refractivity contribution in [1.29, 1.82) is 0 Å². The minimum absolute atomic E-state index is 0.107. The zero-order chi connectivity index (χ0) is 23.5. The molecule has 0 saturated heterocycles. The summed E-state index contributed by atoms with van der Waals surface area (Å²) in [5.74, 6) is -0.323. The van der Waals surface area contributed by atoms with Gasteiger partial charge >= 0.3 is 0 Å². The number of amides is 1. The van der Waals surface area contributed by atoms with Crippen LogP contribution in [0.4, 0.5) is 0 Å². The SMILES string of the molecule is O=C(CCn1nnc2ccccc2c1=O)NCC(c1ccccc1Cl)c1c[nH]c2ccccc12. The molecule has 34 heavy (non-hydrogen) atoms. The summed E-state index contributed by atoms with van der Waals surface area (Å²) in [5, 5.41) is 13.3. The molecule has 1 amide bonds. The Labute approximate surface area is 200 Å². The van der Waals surface area contributed by atoms with Gasteiger partial charge in [-0.15, -0.1) is 5.10 Å². The maximum Gasteiger partial charge on any atom is 0.277 e. The maximum atomic E-state index is 12.7. The molecule has 0 aliphatic heterocycles. The Kier molecular flexibility index (Phi) is 6.10. The van der Waals surface area contributed by atoms with E-state index in [9.17, 15) is 9.59 Å². The van der Waals surface area contributed by atoms with Crippen LogP contribution in [0.15, 0.2) is 83.8 Å². The zero-order valence-corrected chi connectivity index (χ0v) is 19.0. The summed E-state index contributed by atoms with van der Waals surface area (Å²) in [5.41, 5.74) is 3.29. The van der Waals surface area contributed by atoms with Gasteiger partial charge in [0, 0.05) is 41.0 Å². The highest BCUT2D eigenvalue weighted by Crippen LogP contribution is 2.34. The van der Waals surface area contributed by atoms with Gasteiger partial charge in [0.2, 0.25) is 5.91 Å². The normalized spacial score (nSPS) is 12.1. The van der Waals surface area contributed by atoms with E-state index in [1.165, 1.54) is 4.68 Å². The van der Waals surface area contributed by atoms with Gasteiger partial charge in [-0.05, 0) is 35.4 Å². The second-order valence-corrected chi connectivity index (χ2v) is 8.46. The van der Waals surface area contributed by atoms with Crippen LogP contribution in [0.2, 0.25) is 5.02 Å². The molecule has 0 fully saturated rings. The lowest BCUT2D eigenvalue weighted by molar-refractivity contribution is -0.121. The topological polar surface area (TPSA) is 92.7 Å². The molecule has 5 rings (SSSR count). The van der Waals surface area contributed by atoms with Crippen molar-refractivity contribution >= 4 is 39.3 Å². The number of nitrogens with zero attached hydrogens (tertiary/aromatic N) is 3. The summed E-state index contributed by atoms with van der Waals surface area (Å²) in [6.07, 6.45) is 2.07. The molecule has 0 aliphatic rings. The van der Waals surface area contributed by atoms with E-state index >= 15 is 0 Å². The minimum atomic E-state index is -0.258. The highest BCUT2D eigenvalue weighted by atomic mass is 35.5. The molecular formula is C26H22ClN5O2. The van der Waals surface area contributed by atoms with Crippen LogP contribution in [0.25, 0.3) is 21.8 Å². The number of aryl methyl sites for hydroxylation is 1. The molecule has 1 atom stereocenters. The Morgan fingerprint density at radius 2 is 1.71 bits per heavy atom. The highest BCUT2D eigenvalue weighted by Gasteiger charge is 2.21. The van der Waals surface area contributed by atoms with Gasteiger partial charge in [0.05, 0.1) is 11.9 Å². The van der Waals surface area contributed by atoms with E-state index < -0.39 is 0 Å². The molecule has 170 valence electrons. The van der Waals surface area contributed by atoms with Crippen LogP contribution < -0.4 is 10.9 Å². The number of halogens is 1. The Bertz CT molecular complexity index is 1540. The number of hydrogen-bond donors (Lipinski definition) is 2. The molecule has 0 bridgehead atoms. The first kappa shape index (κ1) is 21.9. The number of hydrogen-bond acceptors (Lipinski definition) is 4. The van der Waals surface area contributed by atoms with Crippen LogP contribution >= 0.6 is 11.6 Å². The average Bonchev–Trinajstić information content (AvgIpc) is 3.29. The maximum absolute atomic E-state index is 12.7. The fourth-order valence-corrected chi connectivity index (χ4v) is 4.48. The number of aromatic nitrogens is 4. The van der Waals surface area contributed by atoms with Crippen molar-refractivity contribution in [3.63, 3.8) is 0 Å². The molecule has 0 radical (unpaired) electrons. The molecule has 0 spiro atoms. The van der Waals surface area contributed by atoms with Crippen molar-refractivity contribution in [2.75, 3.05) is 6.54 Å². The average molecular weight is 472 g/mol. The van der Waals surface area contributed by atoms with Gasteiger partial charge < -0.3 is 10.3 Å². The predicted octanol–water partition coefficient (Wildman–Crippen LogP) is 4.26. The Morgan fingerprint density at radius 1 is 0.971 bits per heavy atom. The first-order chi connectivity index (χ1) is 16.6. The summed E-state index contributed by atoms with van der Waals surface area (Å²) < 4.78 is 1.23. The molecular weight excluding hydrogens is 450 g/mol. The van der Waals surface area contributed by atoms with Gasteiger partial charge in [-0.2, -0.15) is 0 Å². The van der Waals surface area contributed by atoms with Crippen LogP contribution in [0.1, 0.15) is 23.5 Å². The number of H-pyrrole nitrogens is 1. The fraction of sp³-hybridized carbons (Fsp3) is 0.154. The van der Waals surface area contributed by atoms with Crippen molar-refractivity contribution in [2.45, 2.75) is 18.9 Å². The number of carbonyl (C=O) groups excluding carboxylic acids is 1. The van der Waals surface area contributed by atoms with Crippen molar-refractivity contribution in [1.82, 2.24) is 25.3 Å². The standard InChI is InChI=1S/C26H22ClN5O2/c27-22-10-4-1-7-17(22)20(21-15-28-23-11-5-2-8-18(21)23)16-29-25(33)13-14-32-26(34)19-9-3-6-12-24(19)30-31-32/h1-12,15,20,28H,13-14,16H2,(H,29,33). The summed E-state index contributed by atoms with van der Waals surface area (Å²) in [6.45, 7) is 0.509. The lowest BCUT2D eigenvalue weighted by atomic mass is 9.90. The van der Waals surface area contributed by atoms with Gasteiger partial charge in [-0.3, -0.25) is 9.59 Å². The van der Waals surface area contributed by atoms with Gasteiger partial charge in [0.1, 0.15) is 5.52 Å². The van der Waals surface area contributed by atoms with Crippen molar-refractivity contribution < 1.29 is 4.79 Å². The van der Waals surface area contributed by atoms with Gasteiger partial charge in [0.25, 0.3) is 5.56 Å². The number of benzene rings is 3. The van der Waals surface area contributed by atoms with Crippen LogP contribution in [0.3, 0.4) is 0 Å². The van der Waals surface area contributed by atoms with Gasteiger partial charge in [-0.1, -0.05) is 65.3 Å². The molecule has 7 nitrogen and oxygen atoms in total. The third-order valence-corrected chi connectivity index (χ3v) is 6.30. The van der Waals surface area contributed by atoms with E-state index in [1.54, 1.807) is 24.3 Å². The minimum Gasteiger partial charge on any atom is -0.361 e. The molecule has 2 heterocycles. The van der Waals surface area contributed by atoms with Crippen LogP contribution in [-0.2, 0) is 11.3 Å². The third kappa shape index (κ3) is 4.30. The Balaban J connectivity index is 1.34. The van der Waals surface area contributed by atoms with E-state index in [1.807, 2.05) is 48.7 Å². The highest BCUT2D eigenvalue weighted by molar-refractivity contribution is 6.31. The number of para-hydroxylation sites is 1. The molecule has 5 aromatic rings. The summed E-state index contributed by atoms with van der Waals surface area (Å²) in [7, 11) is 0. The molecule has 0 saturated carbocycles. The molecule has 8 heteroatoms. The number of fused-ring (bicyclic) bond motifs is 2. The summed E-state index contributed by atoms with van der Waals surface area (Å²) in [6, 6.07) is 22.7. The summed E-state index contributed by atoms with van der Waals surface area (Å²) in [4.78, 5) is 28.7. The fourth-order valence-electron chi connectivity index (χ4n) is 4.21. The van der Waals surface area contributed by atoms with Crippen molar-refractivity contribution in [2.24, 2.45) is 0 Å². The number of carbonyl (C=O) groups is 1. The van der Waals surface area contributed by atoms with E-state index in [-0.39, 0.29) is 30.3 Å². The third-order valence-electron chi connectivity index (χ3n) is 5.96. The number of aromatic amines is 1. The summed E-state index contributed by atoms with van der Waals surface area (Å²) >= 11 is 6.53. The van der Waals surface area contributed by atoms with Crippen LogP contribution in [0, 0.1) is 0 Å². The molecule has 2 aromatic heterocycles. The van der Waals surface area contributed by atoms with Crippen LogP contribution in [-0.4, -0.2) is 32.4 Å². The largest absolute Gasteiger partial charge is 0.361 e. The molecule has 1 unspecified atom stereocenters. The zero-order valence-electron chi connectivity index (χ0n) is 18.2. The lowest BCUT2D eigenvalue weighted by Gasteiger charge is -2.19. The number of rotatable bonds is 7. The van der Waals surface area contributed by atoms with Crippen molar-refractivity contribution in [3.05, 3.63) is 105 Å².